The van der Waals surface area contributed by atoms with Crippen molar-refractivity contribution in [3.05, 3.63) is 50.7 Å². The van der Waals surface area contributed by atoms with Gasteiger partial charge in [-0.1, -0.05) is 13.0 Å². The standard InChI is InChI=1S/C20H27N5O6S/c1-3-9-25-17(21)16(18(26)22-20(25)28)24(10-11-31-2)19(27)13-5-4-6-15(12-13)32(29,30)23-14-7-8-14/h4-6,12,14,23H,3,7-11,21H2,1-2H3,(H,22,26,28). The van der Waals surface area contributed by atoms with Crippen molar-refractivity contribution in [2.75, 3.05) is 30.9 Å². The van der Waals surface area contributed by atoms with Crippen LogP contribution in [0.25, 0.3) is 0 Å². The lowest BCUT2D eigenvalue weighted by Crippen LogP contribution is -2.42. The Labute approximate surface area is 185 Å². The van der Waals surface area contributed by atoms with Crippen LogP contribution in [0.3, 0.4) is 0 Å². The Morgan fingerprint density at radius 3 is 2.69 bits per heavy atom. The Morgan fingerprint density at radius 2 is 2.06 bits per heavy atom. The van der Waals surface area contributed by atoms with Gasteiger partial charge in [0.25, 0.3) is 11.5 Å². The van der Waals surface area contributed by atoms with Crippen LogP contribution in [-0.4, -0.2) is 50.2 Å². The van der Waals surface area contributed by atoms with E-state index >= 15 is 0 Å². The van der Waals surface area contributed by atoms with E-state index in [4.69, 9.17) is 10.5 Å². The zero-order valence-corrected chi connectivity index (χ0v) is 18.8. The second kappa shape index (κ2) is 9.67. The van der Waals surface area contributed by atoms with Crippen molar-refractivity contribution in [2.24, 2.45) is 0 Å². The minimum absolute atomic E-state index is 0.0375. The van der Waals surface area contributed by atoms with E-state index in [9.17, 15) is 22.8 Å². The summed E-state index contributed by atoms with van der Waals surface area (Å²) in [5.74, 6) is -0.798. The molecule has 1 amide bonds. The number of carbonyl (C=O) groups is 1. The quantitative estimate of drug-likeness (QED) is 0.454. The Morgan fingerprint density at radius 1 is 1.34 bits per heavy atom. The molecule has 2 aromatic rings. The van der Waals surface area contributed by atoms with E-state index in [0.717, 1.165) is 17.7 Å². The molecule has 0 radical (unpaired) electrons. The fourth-order valence-corrected chi connectivity index (χ4v) is 4.57. The number of nitrogens with one attached hydrogen (secondary N) is 2. The van der Waals surface area contributed by atoms with Crippen molar-refractivity contribution in [3.63, 3.8) is 0 Å². The topological polar surface area (TPSA) is 157 Å². The average molecular weight is 466 g/mol. The first-order valence-electron chi connectivity index (χ1n) is 10.3. The molecule has 0 atom stereocenters. The molecule has 12 heteroatoms. The number of sulfonamides is 1. The lowest BCUT2D eigenvalue weighted by molar-refractivity contribution is 0.0975. The zero-order chi connectivity index (χ0) is 23.5. The number of amides is 1. The van der Waals surface area contributed by atoms with E-state index in [1.165, 1.54) is 35.9 Å². The Balaban J connectivity index is 2.05. The van der Waals surface area contributed by atoms with E-state index < -0.39 is 27.2 Å². The first-order chi connectivity index (χ1) is 15.2. The van der Waals surface area contributed by atoms with Gasteiger partial charge in [-0.2, -0.15) is 0 Å². The molecule has 3 rings (SSSR count). The second-order valence-electron chi connectivity index (χ2n) is 7.52. The van der Waals surface area contributed by atoms with E-state index in [1.54, 1.807) is 0 Å². The number of aromatic amines is 1. The molecule has 1 aromatic heterocycles. The lowest BCUT2D eigenvalue weighted by Gasteiger charge is -2.24. The normalized spacial score (nSPS) is 13.8. The van der Waals surface area contributed by atoms with Gasteiger partial charge in [-0.3, -0.25) is 24.0 Å². The maximum Gasteiger partial charge on any atom is 0.330 e. The van der Waals surface area contributed by atoms with Gasteiger partial charge in [0.1, 0.15) is 5.82 Å². The number of methoxy groups -OCH3 is 1. The molecule has 0 saturated heterocycles. The number of carbonyl (C=O) groups excluding carboxylic acids is 1. The SMILES string of the molecule is CCCn1c(N)c(N(CCOC)C(=O)c2cccc(S(=O)(=O)NC3CC3)c2)c(=O)[nH]c1=O. The van der Waals surface area contributed by atoms with Crippen molar-refractivity contribution in [3.8, 4) is 0 Å². The molecule has 0 bridgehead atoms. The summed E-state index contributed by atoms with van der Waals surface area (Å²) in [5.41, 5.74) is 4.49. The van der Waals surface area contributed by atoms with Gasteiger partial charge in [0.05, 0.1) is 11.5 Å². The summed E-state index contributed by atoms with van der Waals surface area (Å²) in [6.07, 6.45) is 2.13. The molecule has 4 N–H and O–H groups in total. The van der Waals surface area contributed by atoms with Gasteiger partial charge in [-0.15, -0.1) is 0 Å². The molecular weight excluding hydrogens is 438 g/mol. The van der Waals surface area contributed by atoms with E-state index in [0.29, 0.717) is 6.42 Å². The van der Waals surface area contributed by atoms with Gasteiger partial charge in [0, 0.05) is 31.8 Å². The van der Waals surface area contributed by atoms with Crippen LogP contribution >= 0.6 is 0 Å². The first-order valence-corrected chi connectivity index (χ1v) is 11.7. The number of benzene rings is 1. The molecule has 0 unspecified atom stereocenters. The highest BCUT2D eigenvalue weighted by molar-refractivity contribution is 7.89. The number of nitrogens with two attached hydrogens (primary N) is 1. The van der Waals surface area contributed by atoms with E-state index in [2.05, 4.69) is 9.71 Å². The summed E-state index contributed by atoms with van der Waals surface area (Å²) in [6.45, 7) is 2.14. The van der Waals surface area contributed by atoms with Crippen molar-refractivity contribution in [1.82, 2.24) is 14.3 Å². The lowest BCUT2D eigenvalue weighted by atomic mass is 10.2. The molecule has 32 heavy (non-hydrogen) atoms. The summed E-state index contributed by atoms with van der Waals surface area (Å²) in [5, 5.41) is 0. The first kappa shape index (κ1) is 23.7. The number of rotatable bonds is 10. The smallest absolute Gasteiger partial charge is 0.330 e. The molecule has 1 aliphatic rings. The van der Waals surface area contributed by atoms with Crippen molar-refractivity contribution < 1.29 is 17.9 Å². The predicted molar refractivity (Wildman–Crippen MR) is 119 cm³/mol. The van der Waals surface area contributed by atoms with Crippen molar-refractivity contribution in [2.45, 2.75) is 43.7 Å². The van der Waals surface area contributed by atoms with Gasteiger partial charge in [0.2, 0.25) is 10.0 Å². The molecule has 174 valence electrons. The maximum absolute atomic E-state index is 13.4. The van der Waals surface area contributed by atoms with Crippen LogP contribution in [0.1, 0.15) is 36.5 Å². The molecule has 1 fully saturated rings. The maximum atomic E-state index is 13.4. The summed E-state index contributed by atoms with van der Waals surface area (Å²) in [7, 11) is -2.34. The number of anilines is 2. The number of nitrogens with zero attached hydrogens (tertiary/aromatic N) is 2. The van der Waals surface area contributed by atoms with Crippen LogP contribution in [0.2, 0.25) is 0 Å². The van der Waals surface area contributed by atoms with Gasteiger partial charge < -0.3 is 10.5 Å². The number of H-pyrrole nitrogens is 1. The van der Waals surface area contributed by atoms with E-state index in [-0.39, 0.29) is 47.7 Å². The van der Waals surface area contributed by atoms with Crippen LogP contribution in [0.15, 0.2) is 38.8 Å². The molecule has 0 aliphatic heterocycles. The molecular formula is C20H27N5O6S. The van der Waals surface area contributed by atoms with Gasteiger partial charge >= 0.3 is 5.69 Å². The summed E-state index contributed by atoms with van der Waals surface area (Å²) >= 11 is 0. The number of nitrogen functional groups attached to an aromatic ring is 1. The number of aromatic nitrogens is 2. The molecule has 1 aromatic carbocycles. The molecule has 1 aliphatic carbocycles. The fourth-order valence-electron chi connectivity index (χ4n) is 3.22. The fraction of sp³-hybridized carbons (Fsp3) is 0.450. The van der Waals surface area contributed by atoms with Crippen LogP contribution < -0.4 is 26.6 Å². The third-order valence-corrected chi connectivity index (χ3v) is 6.50. The number of hydrogen-bond donors (Lipinski definition) is 3. The third kappa shape index (κ3) is 5.09. The number of hydrogen-bond acceptors (Lipinski definition) is 7. The molecule has 11 nitrogen and oxygen atoms in total. The monoisotopic (exact) mass is 465 g/mol. The third-order valence-electron chi connectivity index (χ3n) is 4.99. The van der Waals surface area contributed by atoms with Crippen molar-refractivity contribution in [1.29, 1.82) is 0 Å². The summed E-state index contributed by atoms with van der Waals surface area (Å²) in [4.78, 5) is 41.4. The van der Waals surface area contributed by atoms with Gasteiger partial charge in [-0.25, -0.2) is 17.9 Å². The summed E-state index contributed by atoms with van der Waals surface area (Å²) < 4.78 is 33.9. The van der Waals surface area contributed by atoms with Crippen LogP contribution in [0.4, 0.5) is 11.5 Å². The van der Waals surface area contributed by atoms with E-state index in [1.807, 2.05) is 6.92 Å². The molecule has 1 heterocycles. The number of ether oxygens (including phenoxy) is 1. The van der Waals surface area contributed by atoms with Gasteiger partial charge in [0.15, 0.2) is 5.69 Å². The van der Waals surface area contributed by atoms with Crippen molar-refractivity contribution >= 4 is 27.4 Å². The summed E-state index contributed by atoms with van der Waals surface area (Å²) in [6, 6.07) is 5.46. The van der Waals surface area contributed by atoms with Crippen LogP contribution in [0, 0.1) is 0 Å². The largest absolute Gasteiger partial charge is 0.383 e. The molecule has 1 saturated carbocycles. The average Bonchev–Trinajstić information content (AvgIpc) is 3.56. The predicted octanol–water partition coefficient (Wildman–Crippen LogP) is 0.263. The minimum atomic E-state index is -3.78. The highest BCUT2D eigenvalue weighted by Crippen LogP contribution is 2.24. The van der Waals surface area contributed by atoms with Gasteiger partial charge in [-0.05, 0) is 37.5 Å². The minimum Gasteiger partial charge on any atom is -0.383 e. The Kier molecular flexibility index (Phi) is 7.16. The zero-order valence-electron chi connectivity index (χ0n) is 18.0. The highest BCUT2D eigenvalue weighted by atomic mass is 32.2. The molecule has 0 spiro atoms. The van der Waals surface area contributed by atoms with Crippen LogP contribution in [0.5, 0.6) is 0 Å². The Hall–Kier alpha value is -2.96. The Bertz CT molecular complexity index is 1220. The van der Waals surface area contributed by atoms with Crippen LogP contribution in [-0.2, 0) is 21.3 Å². The highest BCUT2D eigenvalue weighted by Gasteiger charge is 2.29. The second-order valence-corrected chi connectivity index (χ2v) is 9.23.